The van der Waals surface area contributed by atoms with E-state index < -0.39 is 5.60 Å². The maximum atomic E-state index is 13.6. The second-order valence-corrected chi connectivity index (χ2v) is 14.1. The number of hydrogen-bond donors (Lipinski definition) is 0. The van der Waals surface area contributed by atoms with Crippen LogP contribution in [0, 0.1) is 53.3 Å². The summed E-state index contributed by atoms with van der Waals surface area (Å²) in [6, 6.07) is 0. The molecular formula is C32H46O4. The van der Waals surface area contributed by atoms with Crippen LogP contribution in [-0.2, 0) is 19.1 Å². The van der Waals surface area contributed by atoms with E-state index in [-0.39, 0.29) is 17.5 Å². The first kappa shape index (κ1) is 24.7. The van der Waals surface area contributed by atoms with Gasteiger partial charge in [0, 0.05) is 11.1 Å². The Balaban J connectivity index is 1.20. The van der Waals surface area contributed by atoms with Gasteiger partial charge in [0.05, 0.1) is 0 Å². The van der Waals surface area contributed by atoms with Gasteiger partial charge >= 0.3 is 11.9 Å². The third kappa shape index (κ3) is 3.83. The molecule has 0 aliphatic heterocycles. The van der Waals surface area contributed by atoms with Gasteiger partial charge in [0.15, 0.2) is 0 Å². The molecular weight excluding hydrogens is 448 g/mol. The third-order valence-electron chi connectivity index (χ3n) is 12.0. The van der Waals surface area contributed by atoms with Gasteiger partial charge in [-0.2, -0.15) is 0 Å². The second kappa shape index (κ2) is 8.73. The minimum absolute atomic E-state index is 0.0789. The highest BCUT2D eigenvalue weighted by atomic mass is 16.6. The van der Waals surface area contributed by atoms with Gasteiger partial charge in [0.1, 0.15) is 11.2 Å². The van der Waals surface area contributed by atoms with Gasteiger partial charge in [0.25, 0.3) is 0 Å². The van der Waals surface area contributed by atoms with Crippen LogP contribution in [0.25, 0.3) is 0 Å². The molecule has 8 rings (SSSR count). The predicted octanol–water partition coefficient (Wildman–Crippen LogP) is 7.03. The quantitative estimate of drug-likeness (QED) is 0.294. The van der Waals surface area contributed by atoms with E-state index in [0.29, 0.717) is 41.1 Å². The summed E-state index contributed by atoms with van der Waals surface area (Å²) in [6.45, 7) is 12.0. The summed E-state index contributed by atoms with van der Waals surface area (Å²) in [5.41, 5.74) is 0.613. The molecule has 4 heteroatoms. The molecule has 0 N–H and O–H groups in total. The molecule has 8 aliphatic rings. The molecule has 8 bridgehead atoms. The molecule has 8 fully saturated rings. The average molecular weight is 495 g/mol. The first-order valence-electron chi connectivity index (χ1n) is 14.9. The summed E-state index contributed by atoms with van der Waals surface area (Å²) in [5, 5.41) is 0. The van der Waals surface area contributed by atoms with Crippen LogP contribution in [0.15, 0.2) is 23.8 Å². The van der Waals surface area contributed by atoms with Gasteiger partial charge in [-0.15, -0.1) is 0 Å². The van der Waals surface area contributed by atoms with Gasteiger partial charge in [0.2, 0.25) is 0 Å². The molecule has 0 saturated heterocycles. The lowest BCUT2D eigenvalue weighted by Gasteiger charge is -2.60. The van der Waals surface area contributed by atoms with Gasteiger partial charge in [-0.1, -0.05) is 19.6 Å². The molecule has 0 spiro atoms. The van der Waals surface area contributed by atoms with Crippen LogP contribution >= 0.6 is 0 Å². The highest BCUT2D eigenvalue weighted by Crippen LogP contribution is 2.61. The molecule has 0 amide bonds. The zero-order chi connectivity index (χ0) is 25.4. The number of carbonyl (C=O) groups excluding carboxylic acids is 2. The van der Waals surface area contributed by atoms with Gasteiger partial charge in [-0.3, -0.25) is 0 Å². The normalized spacial score (nSPS) is 48.6. The van der Waals surface area contributed by atoms with Crippen LogP contribution in [-0.4, -0.2) is 23.1 Å². The summed E-state index contributed by atoms with van der Waals surface area (Å²) in [7, 11) is 0. The van der Waals surface area contributed by atoms with E-state index in [0.717, 1.165) is 55.4 Å². The molecule has 0 radical (unpaired) electrons. The molecule has 198 valence electrons. The molecule has 0 aromatic rings. The van der Waals surface area contributed by atoms with E-state index in [2.05, 4.69) is 26.5 Å². The smallest absolute Gasteiger partial charge is 0.333 e. The van der Waals surface area contributed by atoms with Crippen molar-refractivity contribution >= 4 is 11.9 Å². The largest absolute Gasteiger partial charge is 0.455 e. The molecule has 0 aromatic carbocycles. The Morgan fingerprint density at radius 3 is 1.92 bits per heavy atom. The number of allylic oxidation sites excluding steroid dienone is 1. The van der Waals surface area contributed by atoms with Crippen LogP contribution in [0.5, 0.6) is 0 Å². The van der Waals surface area contributed by atoms with E-state index in [9.17, 15) is 9.59 Å². The minimum atomic E-state index is -0.422. The van der Waals surface area contributed by atoms with Crippen molar-refractivity contribution in [2.45, 2.75) is 110 Å². The Labute approximate surface area is 217 Å². The maximum absolute atomic E-state index is 13.6. The summed E-state index contributed by atoms with van der Waals surface area (Å²) < 4.78 is 12.8. The van der Waals surface area contributed by atoms with E-state index in [1.165, 1.54) is 38.5 Å². The predicted molar refractivity (Wildman–Crippen MR) is 140 cm³/mol. The fourth-order valence-electron chi connectivity index (χ4n) is 10.4. The van der Waals surface area contributed by atoms with Crippen molar-refractivity contribution < 1.29 is 19.1 Å². The molecule has 6 unspecified atom stereocenters. The molecule has 8 aliphatic carbocycles. The highest BCUT2D eigenvalue weighted by molar-refractivity contribution is 5.88. The molecule has 4 nitrogen and oxygen atoms in total. The minimum Gasteiger partial charge on any atom is -0.455 e. The topological polar surface area (TPSA) is 52.6 Å². The first-order valence-corrected chi connectivity index (χ1v) is 14.9. The summed E-state index contributed by atoms with van der Waals surface area (Å²) in [4.78, 5) is 26.2. The number of esters is 2. The first-order chi connectivity index (χ1) is 17.1. The zero-order valence-corrected chi connectivity index (χ0v) is 22.9. The van der Waals surface area contributed by atoms with Crippen molar-refractivity contribution in [2.75, 3.05) is 0 Å². The number of hydrogen-bond acceptors (Lipinski definition) is 4. The lowest BCUT2D eigenvalue weighted by molar-refractivity contribution is -0.207. The Bertz CT molecular complexity index is 949. The van der Waals surface area contributed by atoms with Crippen LogP contribution in [0.2, 0.25) is 0 Å². The average Bonchev–Trinajstić information content (AvgIpc) is 2.99. The molecule has 6 atom stereocenters. The van der Waals surface area contributed by atoms with E-state index >= 15 is 0 Å². The fourth-order valence-corrected chi connectivity index (χ4v) is 10.4. The summed E-state index contributed by atoms with van der Waals surface area (Å²) in [5.74, 6) is 4.91. The number of fused-ring (bicyclic) bond motifs is 1. The Hall–Kier alpha value is -1.58. The van der Waals surface area contributed by atoms with E-state index in [1.807, 2.05) is 6.92 Å². The van der Waals surface area contributed by atoms with Crippen molar-refractivity contribution in [1.29, 1.82) is 0 Å². The molecule has 0 aromatic heterocycles. The van der Waals surface area contributed by atoms with E-state index in [1.54, 1.807) is 6.92 Å². The molecule has 8 saturated carbocycles. The monoisotopic (exact) mass is 494 g/mol. The van der Waals surface area contributed by atoms with Crippen LogP contribution in [0.1, 0.15) is 98.3 Å². The van der Waals surface area contributed by atoms with Gasteiger partial charge in [-0.25, -0.2) is 9.59 Å². The maximum Gasteiger partial charge on any atom is 0.333 e. The third-order valence-corrected chi connectivity index (χ3v) is 12.0. The SMILES string of the molecule is C=C(C)C(=O)OC1(C)C2CC3CC(CC1C3)C(/C=C(\C)C(=O)OC1(CC)C3CC4CC(C3)CC1C4)C2. The lowest BCUT2D eigenvalue weighted by atomic mass is 9.49. The Morgan fingerprint density at radius 1 is 0.778 bits per heavy atom. The second-order valence-electron chi connectivity index (χ2n) is 14.1. The van der Waals surface area contributed by atoms with Crippen LogP contribution in [0.4, 0.5) is 0 Å². The van der Waals surface area contributed by atoms with Crippen LogP contribution < -0.4 is 0 Å². The Kier molecular flexibility index (Phi) is 6.00. The molecule has 0 heterocycles. The number of carbonyl (C=O) groups is 2. The summed E-state index contributed by atoms with van der Waals surface area (Å²) >= 11 is 0. The molecule has 36 heavy (non-hydrogen) atoms. The van der Waals surface area contributed by atoms with Crippen molar-refractivity contribution in [3.63, 3.8) is 0 Å². The van der Waals surface area contributed by atoms with E-state index in [4.69, 9.17) is 9.47 Å². The zero-order valence-electron chi connectivity index (χ0n) is 22.9. The van der Waals surface area contributed by atoms with Gasteiger partial charge < -0.3 is 9.47 Å². The van der Waals surface area contributed by atoms with Gasteiger partial charge in [-0.05, 0) is 145 Å². The lowest BCUT2D eigenvalue weighted by Crippen LogP contribution is -2.59. The van der Waals surface area contributed by atoms with Crippen LogP contribution in [0.3, 0.4) is 0 Å². The summed E-state index contributed by atoms with van der Waals surface area (Å²) in [6.07, 6.45) is 15.3. The number of ether oxygens (including phenoxy) is 2. The highest BCUT2D eigenvalue weighted by Gasteiger charge is 2.59. The van der Waals surface area contributed by atoms with Crippen molar-refractivity contribution in [2.24, 2.45) is 53.3 Å². The number of rotatable bonds is 6. The standard InChI is InChI=1S/C32H46O4/c1-6-32(27-12-20-8-21(14-27)15-28(32)13-20)36-30(34)19(4)7-23-16-25-10-22-9-24(23)17-26(11-22)31(25,5)35-29(33)18(2)3/h7,20-28H,2,6,8-17H2,1,3-5H3/b19-7+. The van der Waals surface area contributed by atoms with Crippen molar-refractivity contribution in [3.05, 3.63) is 23.8 Å². The fraction of sp³-hybridized carbons (Fsp3) is 0.812. The van der Waals surface area contributed by atoms with Crippen molar-refractivity contribution in [3.8, 4) is 0 Å². The van der Waals surface area contributed by atoms with Crippen molar-refractivity contribution in [1.82, 2.24) is 0 Å². The Morgan fingerprint density at radius 2 is 1.33 bits per heavy atom.